The molecule has 0 amide bonds. The van der Waals surface area contributed by atoms with Crippen molar-refractivity contribution in [3.63, 3.8) is 0 Å². The summed E-state index contributed by atoms with van der Waals surface area (Å²) in [6.07, 6.45) is -2.45. The van der Waals surface area contributed by atoms with E-state index in [2.05, 4.69) is 15.0 Å². The number of nitrogen functional groups attached to an aromatic ring is 1. The first kappa shape index (κ1) is 14.6. The second-order valence-corrected chi connectivity index (χ2v) is 5.14. The summed E-state index contributed by atoms with van der Waals surface area (Å²) < 4.78 is 38.2. The summed E-state index contributed by atoms with van der Waals surface area (Å²) in [6, 6.07) is 5.16. The lowest BCUT2D eigenvalue weighted by molar-refractivity contribution is -0.137. The van der Waals surface area contributed by atoms with E-state index in [0.717, 1.165) is 12.1 Å². The first-order valence-corrected chi connectivity index (χ1v) is 6.67. The molecule has 0 radical (unpaired) electrons. The number of benzene rings is 1. The molecule has 0 saturated carbocycles. The highest BCUT2D eigenvalue weighted by atomic mass is 35.5. The van der Waals surface area contributed by atoms with Crippen molar-refractivity contribution in [1.29, 1.82) is 0 Å². The maximum Gasteiger partial charge on any atom is 0.416 e. The Morgan fingerprint density at radius 3 is 2.73 bits per heavy atom. The summed E-state index contributed by atoms with van der Waals surface area (Å²) in [5, 5.41) is 0.735. The molecule has 2 aromatic heterocycles. The third-order valence-corrected chi connectivity index (χ3v) is 3.51. The van der Waals surface area contributed by atoms with Gasteiger partial charge in [0.25, 0.3) is 0 Å². The Kier molecular flexibility index (Phi) is 3.44. The molecule has 0 fully saturated rings. The summed E-state index contributed by atoms with van der Waals surface area (Å²) >= 11 is 6.05. The predicted octanol–water partition coefficient (Wildman–Crippen LogP) is 3.80. The van der Waals surface area contributed by atoms with Crippen molar-refractivity contribution in [3.05, 3.63) is 52.3 Å². The monoisotopic (exact) mass is 326 g/mol. The molecule has 114 valence electrons. The molecular formula is C14H10ClF3N4. The quantitative estimate of drug-likeness (QED) is 0.704. The summed E-state index contributed by atoms with van der Waals surface area (Å²) in [6.45, 7) is 0. The van der Waals surface area contributed by atoms with E-state index < -0.39 is 11.7 Å². The summed E-state index contributed by atoms with van der Waals surface area (Å²) in [5.74, 6) is 0.0324. The van der Waals surface area contributed by atoms with Gasteiger partial charge in [-0.2, -0.15) is 18.2 Å². The molecule has 3 rings (SSSR count). The lowest BCUT2D eigenvalue weighted by Crippen LogP contribution is -2.05. The van der Waals surface area contributed by atoms with Crippen LogP contribution in [0.3, 0.4) is 0 Å². The summed E-state index contributed by atoms with van der Waals surface area (Å²) in [5.41, 5.74) is 6.50. The zero-order chi connectivity index (χ0) is 15.9. The van der Waals surface area contributed by atoms with Gasteiger partial charge < -0.3 is 10.7 Å². The number of aromatic nitrogens is 3. The standard InChI is InChI=1S/C14H10ClF3N4/c15-11-10-8(6-20-12(10)22-13(19)21-11)4-7-2-1-3-9(5-7)14(16,17)18/h1-3,5-6H,4H2,(H3,19,20,21,22). The van der Waals surface area contributed by atoms with Crippen LogP contribution in [0.5, 0.6) is 0 Å². The van der Waals surface area contributed by atoms with Crippen LogP contribution in [0, 0.1) is 0 Å². The van der Waals surface area contributed by atoms with Gasteiger partial charge in [-0.05, 0) is 23.6 Å². The van der Waals surface area contributed by atoms with E-state index in [9.17, 15) is 13.2 Å². The van der Waals surface area contributed by atoms with E-state index in [4.69, 9.17) is 17.3 Å². The molecule has 0 spiro atoms. The molecule has 8 heteroatoms. The van der Waals surface area contributed by atoms with Gasteiger partial charge in [0.1, 0.15) is 10.8 Å². The number of halogens is 4. The highest BCUT2D eigenvalue weighted by Crippen LogP contribution is 2.31. The van der Waals surface area contributed by atoms with Gasteiger partial charge in [0.15, 0.2) is 0 Å². The van der Waals surface area contributed by atoms with Gasteiger partial charge >= 0.3 is 6.18 Å². The van der Waals surface area contributed by atoms with Gasteiger partial charge in [-0.1, -0.05) is 29.8 Å². The summed E-state index contributed by atoms with van der Waals surface area (Å²) in [7, 11) is 0. The van der Waals surface area contributed by atoms with Crippen LogP contribution >= 0.6 is 11.6 Å². The van der Waals surface area contributed by atoms with Crippen LogP contribution in [-0.2, 0) is 12.6 Å². The van der Waals surface area contributed by atoms with Gasteiger partial charge in [-0.25, -0.2) is 4.98 Å². The fourth-order valence-corrected chi connectivity index (χ4v) is 2.58. The molecule has 0 saturated heterocycles. The highest BCUT2D eigenvalue weighted by molar-refractivity contribution is 6.34. The maximum atomic E-state index is 12.7. The molecule has 0 unspecified atom stereocenters. The Morgan fingerprint density at radius 1 is 1.23 bits per heavy atom. The third-order valence-electron chi connectivity index (χ3n) is 3.24. The molecule has 0 aliphatic carbocycles. The molecule has 0 bridgehead atoms. The number of nitrogens with zero attached hydrogens (tertiary/aromatic N) is 2. The Morgan fingerprint density at radius 2 is 2.00 bits per heavy atom. The van der Waals surface area contributed by atoms with E-state index in [0.29, 0.717) is 22.2 Å². The van der Waals surface area contributed by atoms with E-state index in [1.807, 2.05) is 0 Å². The first-order chi connectivity index (χ1) is 10.3. The topological polar surface area (TPSA) is 67.6 Å². The zero-order valence-corrected chi connectivity index (χ0v) is 11.8. The smallest absolute Gasteiger partial charge is 0.368 e. The molecule has 22 heavy (non-hydrogen) atoms. The number of H-pyrrole nitrogens is 1. The fourth-order valence-electron chi connectivity index (χ4n) is 2.28. The number of hydrogen-bond donors (Lipinski definition) is 2. The molecule has 2 heterocycles. The fraction of sp³-hybridized carbons (Fsp3) is 0.143. The normalized spacial score (nSPS) is 12.0. The minimum Gasteiger partial charge on any atom is -0.368 e. The van der Waals surface area contributed by atoms with Crippen molar-refractivity contribution in [2.24, 2.45) is 0 Å². The SMILES string of the molecule is Nc1nc(Cl)c2c(Cc3cccc(C(F)(F)F)c3)c[nH]c2n1. The highest BCUT2D eigenvalue weighted by Gasteiger charge is 2.30. The Labute approximate surface area is 128 Å². The number of rotatable bonds is 2. The predicted molar refractivity (Wildman–Crippen MR) is 77.6 cm³/mol. The van der Waals surface area contributed by atoms with Crippen molar-refractivity contribution in [2.45, 2.75) is 12.6 Å². The first-order valence-electron chi connectivity index (χ1n) is 6.29. The van der Waals surface area contributed by atoms with Crippen LogP contribution in [0.15, 0.2) is 30.5 Å². The number of aromatic amines is 1. The minimum absolute atomic E-state index is 0.0324. The molecular weight excluding hydrogens is 317 g/mol. The average Bonchev–Trinajstić information content (AvgIpc) is 2.81. The number of nitrogens with one attached hydrogen (secondary N) is 1. The maximum absolute atomic E-state index is 12.7. The van der Waals surface area contributed by atoms with Gasteiger partial charge in [-0.15, -0.1) is 0 Å². The van der Waals surface area contributed by atoms with Gasteiger partial charge in [0.2, 0.25) is 5.95 Å². The van der Waals surface area contributed by atoms with Crippen molar-refractivity contribution in [3.8, 4) is 0 Å². The Bertz CT molecular complexity index is 842. The largest absolute Gasteiger partial charge is 0.416 e. The lowest BCUT2D eigenvalue weighted by atomic mass is 10.0. The molecule has 0 atom stereocenters. The van der Waals surface area contributed by atoms with Crippen molar-refractivity contribution in [2.75, 3.05) is 5.73 Å². The second kappa shape index (κ2) is 5.17. The van der Waals surface area contributed by atoms with Crippen LogP contribution in [-0.4, -0.2) is 15.0 Å². The number of fused-ring (bicyclic) bond motifs is 1. The van der Waals surface area contributed by atoms with Crippen molar-refractivity contribution >= 4 is 28.6 Å². The van der Waals surface area contributed by atoms with E-state index in [1.165, 1.54) is 6.07 Å². The van der Waals surface area contributed by atoms with E-state index in [-0.39, 0.29) is 17.5 Å². The molecule has 4 nitrogen and oxygen atoms in total. The molecule has 1 aromatic carbocycles. The van der Waals surface area contributed by atoms with Crippen LogP contribution in [0.25, 0.3) is 11.0 Å². The molecule has 0 aliphatic rings. The Balaban J connectivity index is 2.01. The lowest BCUT2D eigenvalue weighted by Gasteiger charge is -2.08. The zero-order valence-electron chi connectivity index (χ0n) is 11.1. The molecule has 3 aromatic rings. The molecule has 3 N–H and O–H groups in total. The van der Waals surface area contributed by atoms with E-state index >= 15 is 0 Å². The average molecular weight is 327 g/mol. The Hall–Kier alpha value is -2.28. The third kappa shape index (κ3) is 2.71. The van der Waals surface area contributed by atoms with E-state index in [1.54, 1.807) is 12.3 Å². The van der Waals surface area contributed by atoms with Crippen LogP contribution in [0.4, 0.5) is 19.1 Å². The van der Waals surface area contributed by atoms with Gasteiger partial charge in [-0.3, -0.25) is 0 Å². The summed E-state index contributed by atoms with van der Waals surface area (Å²) in [4.78, 5) is 10.8. The number of anilines is 1. The van der Waals surface area contributed by atoms with Crippen LogP contribution in [0.2, 0.25) is 5.15 Å². The van der Waals surface area contributed by atoms with Crippen molar-refractivity contribution < 1.29 is 13.2 Å². The van der Waals surface area contributed by atoms with Crippen LogP contribution in [0.1, 0.15) is 16.7 Å². The minimum atomic E-state index is -4.37. The van der Waals surface area contributed by atoms with Crippen LogP contribution < -0.4 is 5.73 Å². The number of hydrogen-bond acceptors (Lipinski definition) is 3. The number of nitrogens with two attached hydrogens (primary N) is 1. The van der Waals surface area contributed by atoms with Crippen molar-refractivity contribution in [1.82, 2.24) is 15.0 Å². The number of alkyl halides is 3. The molecule has 0 aliphatic heterocycles. The van der Waals surface area contributed by atoms with Gasteiger partial charge in [0.05, 0.1) is 10.9 Å². The second-order valence-electron chi connectivity index (χ2n) is 4.79. The van der Waals surface area contributed by atoms with Gasteiger partial charge in [0, 0.05) is 6.20 Å².